The highest BCUT2D eigenvalue weighted by Crippen LogP contribution is 2.26. The first-order valence-corrected chi connectivity index (χ1v) is 7.86. The summed E-state index contributed by atoms with van der Waals surface area (Å²) in [5.74, 6) is -0.0351. The van der Waals surface area contributed by atoms with Crippen molar-refractivity contribution in [2.75, 3.05) is 11.4 Å². The van der Waals surface area contributed by atoms with Crippen molar-refractivity contribution in [3.8, 4) is 6.07 Å². The molecule has 0 N–H and O–H groups in total. The SMILES string of the molecule is N#Cc1ccccc1/C=C/C(=O)N1CCCCc2ccccc21. The summed E-state index contributed by atoms with van der Waals surface area (Å²) >= 11 is 0. The second-order valence-electron chi connectivity index (χ2n) is 5.61. The zero-order chi connectivity index (χ0) is 16.1. The van der Waals surface area contributed by atoms with Crippen molar-refractivity contribution >= 4 is 17.7 Å². The minimum Gasteiger partial charge on any atom is -0.309 e. The lowest BCUT2D eigenvalue weighted by Crippen LogP contribution is -2.30. The van der Waals surface area contributed by atoms with E-state index in [0.717, 1.165) is 37.1 Å². The average molecular weight is 302 g/mol. The average Bonchev–Trinajstić information content (AvgIpc) is 2.82. The predicted molar refractivity (Wildman–Crippen MR) is 91.9 cm³/mol. The zero-order valence-corrected chi connectivity index (χ0v) is 12.9. The molecule has 3 nitrogen and oxygen atoms in total. The van der Waals surface area contributed by atoms with E-state index in [2.05, 4.69) is 12.1 Å². The molecule has 0 atom stereocenters. The van der Waals surface area contributed by atoms with E-state index in [-0.39, 0.29) is 5.91 Å². The van der Waals surface area contributed by atoms with Crippen molar-refractivity contribution in [3.05, 3.63) is 71.3 Å². The lowest BCUT2D eigenvalue weighted by atomic mass is 10.1. The monoisotopic (exact) mass is 302 g/mol. The van der Waals surface area contributed by atoms with Crippen molar-refractivity contribution < 1.29 is 4.79 Å². The smallest absolute Gasteiger partial charge is 0.250 e. The Hall–Kier alpha value is -2.86. The topological polar surface area (TPSA) is 44.1 Å². The molecule has 114 valence electrons. The van der Waals surface area contributed by atoms with Gasteiger partial charge in [0.2, 0.25) is 0 Å². The third kappa shape index (κ3) is 3.32. The molecule has 0 aliphatic carbocycles. The van der Waals surface area contributed by atoms with Gasteiger partial charge in [0.1, 0.15) is 0 Å². The van der Waals surface area contributed by atoms with Crippen LogP contribution >= 0.6 is 0 Å². The Balaban J connectivity index is 1.86. The van der Waals surface area contributed by atoms with E-state index in [9.17, 15) is 4.79 Å². The molecule has 0 saturated heterocycles. The Bertz CT molecular complexity index is 786. The van der Waals surface area contributed by atoms with Gasteiger partial charge >= 0.3 is 0 Å². The van der Waals surface area contributed by atoms with Gasteiger partial charge < -0.3 is 4.90 Å². The quantitative estimate of drug-likeness (QED) is 0.789. The highest BCUT2D eigenvalue weighted by molar-refractivity contribution is 6.04. The summed E-state index contributed by atoms with van der Waals surface area (Å²) in [6.07, 6.45) is 6.42. The maximum atomic E-state index is 12.6. The zero-order valence-electron chi connectivity index (χ0n) is 12.9. The van der Waals surface area contributed by atoms with Crippen LogP contribution in [-0.4, -0.2) is 12.5 Å². The highest BCUT2D eigenvalue weighted by atomic mass is 16.2. The number of hydrogen-bond acceptors (Lipinski definition) is 2. The Morgan fingerprint density at radius 3 is 2.74 bits per heavy atom. The van der Waals surface area contributed by atoms with Gasteiger partial charge in [0.25, 0.3) is 5.91 Å². The number of para-hydroxylation sites is 1. The minimum atomic E-state index is -0.0351. The largest absolute Gasteiger partial charge is 0.309 e. The lowest BCUT2D eigenvalue weighted by molar-refractivity contribution is -0.114. The van der Waals surface area contributed by atoms with Gasteiger partial charge in [-0.2, -0.15) is 5.26 Å². The Kier molecular flexibility index (Phi) is 4.54. The number of hydrogen-bond donors (Lipinski definition) is 0. The Morgan fingerprint density at radius 1 is 1.09 bits per heavy atom. The van der Waals surface area contributed by atoms with Gasteiger partial charge in [0.15, 0.2) is 0 Å². The molecule has 0 spiro atoms. The standard InChI is InChI=1S/C20H18N2O/c21-15-18-10-2-1-7-16(18)12-13-20(23)22-14-6-5-9-17-8-3-4-11-19(17)22/h1-4,7-8,10-13H,5-6,9,14H2/b13-12+. The lowest BCUT2D eigenvalue weighted by Gasteiger charge is -2.21. The summed E-state index contributed by atoms with van der Waals surface area (Å²) in [7, 11) is 0. The third-order valence-electron chi connectivity index (χ3n) is 4.11. The molecule has 3 rings (SSSR count). The Labute approximate surface area is 136 Å². The molecule has 0 radical (unpaired) electrons. The summed E-state index contributed by atoms with van der Waals surface area (Å²) in [6, 6.07) is 17.5. The van der Waals surface area contributed by atoms with Gasteiger partial charge in [-0.1, -0.05) is 36.4 Å². The number of anilines is 1. The van der Waals surface area contributed by atoms with Gasteiger partial charge in [-0.25, -0.2) is 0 Å². The van der Waals surface area contributed by atoms with E-state index in [1.165, 1.54) is 5.56 Å². The fourth-order valence-electron chi connectivity index (χ4n) is 2.92. The molecule has 23 heavy (non-hydrogen) atoms. The molecule has 1 aliphatic heterocycles. The van der Waals surface area contributed by atoms with Crippen LogP contribution in [0.15, 0.2) is 54.6 Å². The van der Waals surface area contributed by atoms with Gasteiger partial charge in [-0.15, -0.1) is 0 Å². The molecular formula is C20H18N2O. The van der Waals surface area contributed by atoms with E-state index >= 15 is 0 Å². The van der Waals surface area contributed by atoms with Crippen LogP contribution in [0.5, 0.6) is 0 Å². The van der Waals surface area contributed by atoms with Crippen LogP contribution in [0.4, 0.5) is 5.69 Å². The van der Waals surface area contributed by atoms with Gasteiger partial charge in [-0.3, -0.25) is 4.79 Å². The number of rotatable bonds is 2. The van der Waals surface area contributed by atoms with Gasteiger partial charge in [0, 0.05) is 18.3 Å². The van der Waals surface area contributed by atoms with Crippen LogP contribution in [0.2, 0.25) is 0 Å². The van der Waals surface area contributed by atoms with Crippen molar-refractivity contribution in [3.63, 3.8) is 0 Å². The summed E-state index contributed by atoms with van der Waals surface area (Å²) in [5.41, 5.74) is 3.58. The number of carbonyl (C=O) groups is 1. The molecule has 0 bridgehead atoms. The maximum Gasteiger partial charge on any atom is 0.250 e. The van der Waals surface area contributed by atoms with Crippen LogP contribution in [0.1, 0.15) is 29.5 Å². The second kappa shape index (κ2) is 6.93. The highest BCUT2D eigenvalue weighted by Gasteiger charge is 2.18. The number of aryl methyl sites for hydroxylation is 1. The molecule has 0 unspecified atom stereocenters. The number of amides is 1. The molecule has 3 heteroatoms. The normalized spacial score (nSPS) is 14.1. The van der Waals surface area contributed by atoms with Crippen molar-refractivity contribution in [2.45, 2.75) is 19.3 Å². The van der Waals surface area contributed by atoms with E-state index < -0.39 is 0 Å². The molecule has 2 aromatic carbocycles. The van der Waals surface area contributed by atoms with Crippen LogP contribution < -0.4 is 4.90 Å². The molecule has 0 saturated carbocycles. The molecule has 0 aromatic heterocycles. The third-order valence-corrected chi connectivity index (χ3v) is 4.11. The van der Waals surface area contributed by atoms with Crippen molar-refractivity contribution in [1.29, 1.82) is 5.26 Å². The summed E-state index contributed by atoms with van der Waals surface area (Å²) in [4.78, 5) is 14.5. The number of nitrogens with zero attached hydrogens (tertiary/aromatic N) is 2. The molecule has 2 aromatic rings. The van der Waals surface area contributed by atoms with Crippen LogP contribution in [-0.2, 0) is 11.2 Å². The number of carbonyl (C=O) groups excluding carboxylic acids is 1. The first-order chi connectivity index (χ1) is 11.3. The summed E-state index contributed by atoms with van der Waals surface area (Å²) in [5, 5.41) is 9.12. The van der Waals surface area contributed by atoms with Crippen molar-refractivity contribution in [2.24, 2.45) is 0 Å². The second-order valence-corrected chi connectivity index (χ2v) is 5.61. The van der Waals surface area contributed by atoms with Crippen LogP contribution in [0, 0.1) is 11.3 Å². The predicted octanol–water partition coefficient (Wildman–Crippen LogP) is 3.94. The van der Waals surface area contributed by atoms with E-state index in [1.807, 2.05) is 41.3 Å². The van der Waals surface area contributed by atoms with Crippen LogP contribution in [0.3, 0.4) is 0 Å². The fourth-order valence-corrected chi connectivity index (χ4v) is 2.92. The molecule has 1 aliphatic rings. The minimum absolute atomic E-state index is 0.0351. The summed E-state index contributed by atoms with van der Waals surface area (Å²) < 4.78 is 0. The maximum absolute atomic E-state index is 12.6. The van der Waals surface area contributed by atoms with Crippen molar-refractivity contribution in [1.82, 2.24) is 0 Å². The molecule has 1 amide bonds. The number of fused-ring (bicyclic) bond motifs is 1. The van der Waals surface area contributed by atoms with E-state index in [0.29, 0.717) is 5.56 Å². The number of nitriles is 1. The first kappa shape index (κ1) is 15.1. The van der Waals surface area contributed by atoms with E-state index in [1.54, 1.807) is 18.2 Å². The first-order valence-electron chi connectivity index (χ1n) is 7.86. The van der Waals surface area contributed by atoms with Gasteiger partial charge in [0.05, 0.1) is 11.6 Å². The molecule has 1 heterocycles. The molecular weight excluding hydrogens is 284 g/mol. The number of benzene rings is 2. The van der Waals surface area contributed by atoms with Gasteiger partial charge in [-0.05, 0) is 48.6 Å². The molecule has 0 fully saturated rings. The van der Waals surface area contributed by atoms with E-state index in [4.69, 9.17) is 5.26 Å². The fraction of sp³-hybridized carbons (Fsp3) is 0.200. The Morgan fingerprint density at radius 2 is 1.87 bits per heavy atom. The summed E-state index contributed by atoms with van der Waals surface area (Å²) in [6.45, 7) is 0.736. The van der Waals surface area contributed by atoms with Crippen LogP contribution in [0.25, 0.3) is 6.08 Å².